The van der Waals surface area contributed by atoms with Gasteiger partial charge in [0, 0.05) is 32.2 Å². The van der Waals surface area contributed by atoms with Gasteiger partial charge >= 0.3 is 0 Å². The summed E-state index contributed by atoms with van der Waals surface area (Å²) in [6.45, 7) is 16.2. The molecule has 0 N–H and O–H groups in total. The van der Waals surface area contributed by atoms with Crippen molar-refractivity contribution in [3.05, 3.63) is 66.5 Å². The predicted octanol–water partition coefficient (Wildman–Crippen LogP) is 5.91. The molecule has 29 heavy (non-hydrogen) atoms. The largest absolute Gasteiger partial charge is 0.340 e. The Bertz CT molecular complexity index is 989. The molecule has 0 saturated heterocycles. The SMILES string of the molecule is CCN1C(C)=CS\C1=C/C=C(\C=C\c1scc(C)[n+]1CC)c1scc(C)[n+]1CC. The van der Waals surface area contributed by atoms with Crippen molar-refractivity contribution < 1.29 is 9.13 Å². The summed E-state index contributed by atoms with van der Waals surface area (Å²) in [4.78, 5) is 2.36. The third-order valence-electron chi connectivity index (χ3n) is 5.10. The highest BCUT2D eigenvalue weighted by atomic mass is 32.2. The van der Waals surface area contributed by atoms with E-state index in [1.807, 2.05) is 34.4 Å². The van der Waals surface area contributed by atoms with Gasteiger partial charge in [0.1, 0.15) is 13.1 Å². The van der Waals surface area contributed by atoms with Crippen LogP contribution in [0.15, 0.2) is 45.1 Å². The second kappa shape index (κ2) is 9.92. The molecule has 0 spiro atoms. The fourth-order valence-electron chi connectivity index (χ4n) is 3.53. The van der Waals surface area contributed by atoms with Crippen molar-refractivity contribution in [2.75, 3.05) is 6.54 Å². The van der Waals surface area contributed by atoms with Crippen molar-refractivity contribution >= 4 is 46.1 Å². The van der Waals surface area contributed by atoms with Gasteiger partial charge in [-0.1, -0.05) is 34.4 Å². The van der Waals surface area contributed by atoms with E-state index in [1.54, 1.807) is 0 Å². The minimum Gasteiger partial charge on any atom is -0.340 e. The first-order valence-electron chi connectivity index (χ1n) is 10.2. The molecule has 0 unspecified atom stereocenters. The number of thioether (sulfide) groups is 1. The van der Waals surface area contributed by atoms with Crippen molar-refractivity contribution in [2.45, 2.75) is 54.6 Å². The molecule has 3 rings (SSSR count). The third kappa shape index (κ3) is 4.76. The molecule has 0 aliphatic carbocycles. The lowest BCUT2D eigenvalue weighted by molar-refractivity contribution is -0.696. The summed E-state index contributed by atoms with van der Waals surface area (Å²) < 4.78 is 4.76. The van der Waals surface area contributed by atoms with Gasteiger partial charge in [0.2, 0.25) is 0 Å². The number of rotatable bonds is 7. The van der Waals surface area contributed by atoms with Crippen molar-refractivity contribution in [3.63, 3.8) is 0 Å². The fraction of sp³-hybridized carbons (Fsp3) is 0.391. The van der Waals surface area contributed by atoms with E-state index in [0.717, 1.165) is 19.6 Å². The van der Waals surface area contributed by atoms with Crippen molar-refractivity contribution in [1.29, 1.82) is 0 Å². The van der Waals surface area contributed by atoms with Crippen LogP contribution in [0.25, 0.3) is 11.6 Å². The molecule has 3 heterocycles. The van der Waals surface area contributed by atoms with Crippen LogP contribution in [0.5, 0.6) is 0 Å². The van der Waals surface area contributed by atoms with Crippen LogP contribution in [0.3, 0.4) is 0 Å². The van der Waals surface area contributed by atoms with Crippen LogP contribution in [-0.2, 0) is 13.1 Å². The lowest BCUT2D eigenvalue weighted by Crippen LogP contribution is -2.36. The van der Waals surface area contributed by atoms with Crippen LogP contribution >= 0.6 is 34.4 Å². The molecule has 1 aliphatic rings. The number of thiazole rings is 2. The van der Waals surface area contributed by atoms with Gasteiger partial charge in [-0.05, 0) is 51.3 Å². The standard InChI is InChI=1S/C23H31N3S3/c1-7-24-17(4)14-27-21(24)12-10-20(23-26(9-3)19(6)16-29-23)11-13-22-25(8-2)18(5)15-28-22/h10-16H,7-9H2,1-6H3/q+2. The number of allylic oxidation sites excluding steroid dienone is 5. The quantitative estimate of drug-likeness (QED) is 0.388. The lowest BCUT2D eigenvalue weighted by Gasteiger charge is -2.18. The summed E-state index contributed by atoms with van der Waals surface area (Å²) in [5.74, 6) is 0. The number of hydrogen-bond acceptors (Lipinski definition) is 4. The number of aryl methyl sites for hydroxylation is 2. The maximum Gasteiger partial charge on any atom is 0.269 e. The van der Waals surface area contributed by atoms with Crippen LogP contribution < -0.4 is 9.13 Å². The first-order valence-corrected chi connectivity index (χ1v) is 12.8. The first-order chi connectivity index (χ1) is 14.0. The molecule has 6 heteroatoms. The number of hydrogen-bond donors (Lipinski definition) is 0. The highest BCUT2D eigenvalue weighted by molar-refractivity contribution is 8.06. The van der Waals surface area contributed by atoms with Crippen molar-refractivity contribution in [2.24, 2.45) is 0 Å². The predicted molar refractivity (Wildman–Crippen MR) is 129 cm³/mol. The van der Waals surface area contributed by atoms with E-state index in [-0.39, 0.29) is 0 Å². The average Bonchev–Trinajstić information content (AvgIpc) is 3.38. The van der Waals surface area contributed by atoms with Gasteiger partial charge in [-0.25, -0.2) is 0 Å². The smallest absolute Gasteiger partial charge is 0.269 e. The molecule has 1 aliphatic heterocycles. The summed E-state index contributed by atoms with van der Waals surface area (Å²) in [6, 6.07) is 0. The van der Waals surface area contributed by atoms with Crippen LogP contribution in [0, 0.1) is 13.8 Å². The molecular weight excluding hydrogens is 414 g/mol. The van der Waals surface area contributed by atoms with Crippen LogP contribution in [0.2, 0.25) is 0 Å². The zero-order valence-electron chi connectivity index (χ0n) is 18.2. The van der Waals surface area contributed by atoms with E-state index in [4.69, 9.17) is 0 Å². The molecule has 0 atom stereocenters. The van der Waals surface area contributed by atoms with Crippen molar-refractivity contribution in [1.82, 2.24) is 4.90 Å². The Balaban J connectivity index is 2.01. The second-order valence-electron chi connectivity index (χ2n) is 6.97. The summed E-state index contributed by atoms with van der Waals surface area (Å²) in [5, 5.41) is 10.6. The molecule has 0 saturated carbocycles. The molecule has 0 aromatic carbocycles. The summed E-state index contributed by atoms with van der Waals surface area (Å²) >= 11 is 5.45. The van der Waals surface area contributed by atoms with Gasteiger partial charge in [-0.15, -0.1) is 0 Å². The summed E-state index contributed by atoms with van der Waals surface area (Å²) in [5.41, 5.74) is 5.22. The van der Waals surface area contributed by atoms with Gasteiger partial charge in [0.05, 0.1) is 21.4 Å². The Morgan fingerprint density at radius 3 is 2.38 bits per heavy atom. The van der Waals surface area contributed by atoms with Gasteiger partial charge in [-0.3, -0.25) is 0 Å². The Morgan fingerprint density at radius 2 is 1.69 bits per heavy atom. The van der Waals surface area contributed by atoms with E-state index in [9.17, 15) is 0 Å². The van der Waals surface area contributed by atoms with E-state index in [1.165, 1.54) is 37.7 Å². The molecule has 0 fully saturated rings. The zero-order chi connectivity index (χ0) is 21.0. The maximum atomic E-state index is 2.40. The second-order valence-corrected chi connectivity index (χ2v) is 9.61. The van der Waals surface area contributed by atoms with Crippen molar-refractivity contribution in [3.8, 4) is 0 Å². The molecule has 0 bridgehead atoms. The molecule has 2 aromatic rings. The Hall–Kier alpha value is -1.63. The number of nitrogens with zero attached hydrogens (tertiary/aromatic N) is 3. The summed E-state index contributed by atoms with van der Waals surface area (Å²) in [6.07, 6.45) is 9.09. The first kappa shape index (κ1) is 22.1. The average molecular weight is 446 g/mol. The van der Waals surface area contributed by atoms with Gasteiger partial charge in [0.25, 0.3) is 10.0 Å². The topological polar surface area (TPSA) is 11.0 Å². The van der Waals surface area contributed by atoms with Gasteiger partial charge in [-0.2, -0.15) is 9.13 Å². The molecule has 2 aromatic heterocycles. The van der Waals surface area contributed by atoms with E-state index in [0.29, 0.717) is 0 Å². The van der Waals surface area contributed by atoms with E-state index < -0.39 is 0 Å². The molecule has 0 amide bonds. The molecule has 3 nitrogen and oxygen atoms in total. The Kier molecular flexibility index (Phi) is 7.55. The Labute approximate surface area is 187 Å². The minimum absolute atomic E-state index is 0.982. The number of aromatic nitrogens is 2. The third-order valence-corrected chi connectivity index (χ3v) is 8.35. The Morgan fingerprint density at radius 1 is 1.00 bits per heavy atom. The normalized spacial score (nSPS) is 16.5. The fourth-order valence-corrected chi connectivity index (χ4v) is 6.54. The van der Waals surface area contributed by atoms with Crippen LogP contribution in [0.4, 0.5) is 0 Å². The maximum absolute atomic E-state index is 2.40. The highest BCUT2D eigenvalue weighted by Crippen LogP contribution is 2.34. The molecule has 0 radical (unpaired) electrons. The van der Waals surface area contributed by atoms with Gasteiger partial charge in [0.15, 0.2) is 11.4 Å². The molecular formula is C23H31N3S3+2. The summed E-state index contributed by atoms with van der Waals surface area (Å²) in [7, 11) is 0. The van der Waals surface area contributed by atoms with Crippen LogP contribution in [-0.4, -0.2) is 11.4 Å². The zero-order valence-corrected chi connectivity index (χ0v) is 20.7. The van der Waals surface area contributed by atoms with Crippen LogP contribution in [0.1, 0.15) is 49.1 Å². The minimum atomic E-state index is 0.982. The van der Waals surface area contributed by atoms with E-state index in [2.05, 4.69) is 96.0 Å². The highest BCUT2D eigenvalue weighted by Gasteiger charge is 2.20. The molecule has 154 valence electrons. The van der Waals surface area contributed by atoms with E-state index >= 15 is 0 Å². The lowest BCUT2D eigenvalue weighted by atomic mass is 10.2. The monoisotopic (exact) mass is 445 g/mol. The van der Waals surface area contributed by atoms with Gasteiger partial charge < -0.3 is 4.90 Å².